The average molecular weight is 456 g/mol. The summed E-state index contributed by atoms with van der Waals surface area (Å²) in [5.74, 6) is 0.443. The summed E-state index contributed by atoms with van der Waals surface area (Å²) in [6.45, 7) is 6.71. The zero-order valence-corrected chi connectivity index (χ0v) is 18.9. The number of hydrogen-bond donors (Lipinski definition) is 0. The van der Waals surface area contributed by atoms with E-state index in [4.69, 9.17) is 9.47 Å². The third-order valence-electron chi connectivity index (χ3n) is 5.44. The second-order valence-corrected chi connectivity index (χ2v) is 8.27. The zero-order valence-electron chi connectivity index (χ0n) is 18.9. The maximum atomic E-state index is 12.5. The molecule has 1 fully saturated rings. The summed E-state index contributed by atoms with van der Waals surface area (Å²) in [4.78, 5) is 38.8. The molecule has 2 aromatic rings. The molecule has 9 heteroatoms. The van der Waals surface area contributed by atoms with Crippen molar-refractivity contribution in [2.24, 2.45) is 5.92 Å². The van der Waals surface area contributed by atoms with Crippen LogP contribution < -0.4 is 9.64 Å². The first-order valence-corrected chi connectivity index (χ1v) is 11.0. The monoisotopic (exact) mass is 455 g/mol. The molecule has 0 aliphatic carbocycles. The first-order valence-electron chi connectivity index (χ1n) is 11.0. The van der Waals surface area contributed by atoms with Gasteiger partial charge in [0, 0.05) is 44.0 Å². The first kappa shape index (κ1) is 24.0. The van der Waals surface area contributed by atoms with Crippen LogP contribution in [0.25, 0.3) is 0 Å². The second kappa shape index (κ2) is 11.3. The first-order chi connectivity index (χ1) is 15.8. The predicted molar refractivity (Wildman–Crippen MR) is 124 cm³/mol. The molecule has 0 N–H and O–H groups in total. The van der Waals surface area contributed by atoms with Gasteiger partial charge < -0.3 is 19.3 Å². The van der Waals surface area contributed by atoms with Crippen molar-refractivity contribution in [1.82, 2.24) is 4.90 Å². The molecule has 1 amide bonds. The number of nitro groups is 1. The van der Waals surface area contributed by atoms with E-state index in [1.54, 1.807) is 41.3 Å². The van der Waals surface area contributed by atoms with Gasteiger partial charge in [-0.05, 0) is 48.7 Å². The van der Waals surface area contributed by atoms with Gasteiger partial charge in [0.2, 0.25) is 0 Å². The van der Waals surface area contributed by atoms with Crippen LogP contribution >= 0.6 is 0 Å². The third-order valence-corrected chi connectivity index (χ3v) is 5.44. The number of anilines is 1. The highest BCUT2D eigenvalue weighted by atomic mass is 16.6. The number of esters is 1. The number of hydrogen-bond acceptors (Lipinski definition) is 7. The maximum Gasteiger partial charge on any atom is 0.338 e. The Morgan fingerprint density at radius 1 is 1.00 bits per heavy atom. The van der Waals surface area contributed by atoms with Crippen LogP contribution in [0.1, 0.15) is 30.6 Å². The Balaban J connectivity index is 1.42. The molecule has 1 saturated heterocycles. The number of piperazine rings is 1. The van der Waals surface area contributed by atoms with E-state index in [1.807, 2.05) is 0 Å². The normalized spacial score (nSPS) is 13.7. The van der Waals surface area contributed by atoms with Gasteiger partial charge in [0.25, 0.3) is 11.6 Å². The third kappa shape index (κ3) is 6.93. The number of carbonyl (C=O) groups is 2. The van der Waals surface area contributed by atoms with Gasteiger partial charge in [0.05, 0.1) is 17.1 Å². The fraction of sp³-hybridized carbons (Fsp3) is 0.417. The second-order valence-electron chi connectivity index (χ2n) is 8.27. The molecule has 1 heterocycles. The fourth-order valence-corrected chi connectivity index (χ4v) is 3.40. The molecule has 0 radical (unpaired) electrons. The van der Waals surface area contributed by atoms with Gasteiger partial charge in [-0.3, -0.25) is 14.9 Å². The molecule has 0 atom stereocenters. The summed E-state index contributed by atoms with van der Waals surface area (Å²) in [7, 11) is 0. The molecule has 2 aromatic carbocycles. The molecule has 1 aliphatic rings. The number of rotatable bonds is 9. The van der Waals surface area contributed by atoms with Crippen molar-refractivity contribution in [2.45, 2.75) is 20.3 Å². The van der Waals surface area contributed by atoms with E-state index < -0.39 is 10.9 Å². The van der Waals surface area contributed by atoms with E-state index in [0.29, 0.717) is 50.0 Å². The van der Waals surface area contributed by atoms with Crippen LogP contribution in [0.5, 0.6) is 5.75 Å². The SMILES string of the molecule is CC(C)CCOc1ccc(C(=O)OCC(=O)N2CCN(c3ccc([N+](=O)[O-])cc3)CC2)cc1. The molecule has 0 aromatic heterocycles. The van der Waals surface area contributed by atoms with E-state index in [-0.39, 0.29) is 18.2 Å². The Bertz CT molecular complexity index is 951. The van der Waals surface area contributed by atoms with Gasteiger partial charge in [-0.1, -0.05) is 13.8 Å². The van der Waals surface area contributed by atoms with Crippen molar-refractivity contribution in [3.05, 3.63) is 64.2 Å². The molecule has 33 heavy (non-hydrogen) atoms. The minimum Gasteiger partial charge on any atom is -0.494 e. The molecule has 0 saturated carbocycles. The topological polar surface area (TPSA) is 102 Å². The number of non-ortho nitro benzene ring substituents is 1. The summed E-state index contributed by atoms with van der Waals surface area (Å²) >= 11 is 0. The van der Waals surface area contributed by atoms with E-state index in [0.717, 1.165) is 12.1 Å². The van der Waals surface area contributed by atoms with Crippen LogP contribution in [0, 0.1) is 16.0 Å². The van der Waals surface area contributed by atoms with Crippen molar-refractivity contribution in [1.29, 1.82) is 0 Å². The lowest BCUT2D eigenvalue weighted by Crippen LogP contribution is -2.49. The molecular formula is C24H29N3O6. The highest BCUT2D eigenvalue weighted by molar-refractivity contribution is 5.91. The van der Waals surface area contributed by atoms with Crippen LogP contribution in [0.2, 0.25) is 0 Å². The smallest absolute Gasteiger partial charge is 0.338 e. The van der Waals surface area contributed by atoms with Crippen LogP contribution in [0.4, 0.5) is 11.4 Å². The summed E-state index contributed by atoms with van der Waals surface area (Å²) in [6, 6.07) is 13.0. The predicted octanol–water partition coefficient (Wildman–Crippen LogP) is 3.53. The highest BCUT2D eigenvalue weighted by Gasteiger charge is 2.23. The molecule has 0 unspecified atom stereocenters. The van der Waals surface area contributed by atoms with Crippen LogP contribution in [0.3, 0.4) is 0 Å². The Morgan fingerprint density at radius 2 is 1.64 bits per heavy atom. The minimum atomic E-state index is -0.554. The highest BCUT2D eigenvalue weighted by Crippen LogP contribution is 2.21. The summed E-state index contributed by atoms with van der Waals surface area (Å²) in [5, 5.41) is 10.8. The summed E-state index contributed by atoms with van der Waals surface area (Å²) < 4.78 is 10.8. The van der Waals surface area contributed by atoms with Crippen molar-refractivity contribution in [3.63, 3.8) is 0 Å². The molecule has 176 valence electrons. The van der Waals surface area contributed by atoms with Gasteiger partial charge in [0.15, 0.2) is 6.61 Å². The van der Waals surface area contributed by atoms with E-state index >= 15 is 0 Å². The Morgan fingerprint density at radius 3 is 2.21 bits per heavy atom. The lowest BCUT2D eigenvalue weighted by molar-refractivity contribution is -0.384. The molecule has 3 rings (SSSR count). The molecular weight excluding hydrogens is 426 g/mol. The van der Waals surface area contributed by atoms with Gasteiger partial charge >= 0.3 is 5.97 Å². The van der Waals surface area contributed by atoms with Crippen LogP contribution in [-0.2, 0) is 9.53 Å². The van der Waals surface area contributed by atoms with Crippen molar-refractivity contribution < 1.29 is 24.0 Å². The maximum absolute atomic E-state index is 12.5. The largest absolute Gasteiger partial charge is 0.494 e. The number of nitrogens with zero attached hydrogens (tertiary/aromatic N) is 3. The number of nitro benzene ring substituents is 1. The van der Waals surface area contributed by atoms with Crippen LogP contribution in [0.15, 0.2) is 48.5 Å². The minimum absolute atomic E-state index is 0.0441. The lowest BCUT2D eigenvalue weighted by Gasteiger charge is -2.36. The molecule has 9 nitrogen and oxygen atoms in total. The van der Waals surface area contributed by atoms with Crippen molar-refractivity contribution in [3.8, 4) is 5.75 Å². The van der Waals surface area contributed by atoms with Crippen molar-refractivity contribution in [2.75, 3.05) is 44.3 Å². The standard InChI is InChI=1S/C24H29N3O6/c1-18(2)11-16-32-22-9-3-19(4-10-22)24(29)33-17-23(28)26-14-12-25(13-15-26)20-5-7-21(8-6-20)27(30)31/h3-10,18H,11-17H2,1-2H3. The van der Waals surface area contributed by atoms with E-state index in [9.17, 15) is 19.7 Å². The van der Waals surface area contributed by atoms with E-state index in [1.165, 1.54) is 12.1 Å². The van der Waals surface area contributed by atoms with Gasteiger partial charge in [-0.25, -0.2) is 4.79 Å². The van der Waals surface area contributed by atoms with Crippen molar-refractivity contribution >= 4 is 23.3 Å². The van der Waals surface area contributed by atoms with Gasteiger partial charge in [0.1, 0.15) is 5.75 Å². The molecule has 1 aliphatic heterocycles. The Hall–Kier alpha value is -3.62. The van der Waals surface area contributed by atoms with E-state index in [2.05, 4.69) is 18.7 Å². The summed E-state index contributed by atoms with van der Waals surface area (Å²) in [6.07, 6.45) is 0.952. The summed E-state index contributed by atoms with van der Waals surface area (Å²) in [5.41, 5.74) is 1.28. The van der Waals surface area contributed by atoms with Crippen LogP contribution in [-0.4, -0.2) is 61.1 Å². The molecule has 0 bridgehead atoms. The number of amides is 1. The zero-order chi connectivity index (χ0) is 23.8. The number of benzene rings is 2. The number of ether oxygens (including phenoxy) is 2. The Labute approximate surface area is 193 Å². The lowest BCUT2D eigenvalue weighted by atomic mass is 10.1. The average Bonchev–Trinajstić information content (AvgIpc) is 2.82. The Kier molecular flexibility index (Phi) is 8.23. The van der Waals surface area contributed by atoms with Gasteiger partial charge in [-0.15, -0.1) is 0 Å². The van der Waals surface area contributed by atoms with Gasteiger partial charge in [-0.2, -0.15) is 0 Å². The number of carbonyl (C=O) groups excluding carboxylic acids is 2. The quantitative estimate of drug-likeness (QED) is 0.324. The fourth-order valence-electron chi connectivity index (χ4n) is 3.40. The molecule has 0 spiro atoms.